The lowest BCUT2D eigenvalue weighted by atomic mass is 10.1. The fourth-order valence-electron chi connectivity index (χ4n) is 3.67. The van der Waals surface area contributed by atoms with Crippen LogP contribution in [0, 0.1) is 13.8 Å². The van der Waals surface area contributed by atoms with Crippen molar-refractivity contribution in [2.24, 2.45) is 0 Å². The minimum Gasteiger partial charge on any atom is -0.336 e. The van der Waals surface area contributed by atoms with Gasteiger partial charge in [0.05, 0.1) is 11.4 Å². The van der Waals surface area contributed by atoms with Crippen LogP contribution in [0.15, 0.2) is 54.9 Å². The monoisotopic (exact) mass is 375 g/mol. The maximum absolute atomic E-state index is 12.9. The Hall–Kier alpha value is -2.99. The number of carbonyl (C=O) groups excluding carboxylic acids is 1. The summed E-state index contributed by atoms with van der Waals surface area (Å²) in [6.07, 6.45) is 3.65. The van der Waals surface area contributed by atoms with Gasteiger partial charge >= 0.3 is 0 Å². The van der Waals surface area contributed by atoms with Crippen LogP contribution in [0.25, 0.3) is 5.69 Å². The largest absolute Gasteiger partial charge is 0.336 e. The standard InChI is InChI=1S/C22H25N5O/c1-17-15-18(2)27(24-17)21-5-3-20(4-6-21)22(28)26-13-11-25(12-14-26)16-19-7-9-23-10-8-19/h3-10,15H,11-14,16H2,1-2H3. The third-order valence-electron chi connectivity index (χ3n) is 5.18. The first-order valence-corrected chi connectivity index (χ1v) is 9.64. The number of nitrogens with zero attached hydrogens (tertiary/aromatic N) is 5. The molecule has 0 spiro atoms. The second-order valence-corrected chi connectivity index (χ2v) is 7.31. The molecular formula is C22H25N5O. The zero-order chi connectivity index (χ0) is 19.5. The molecule has 3 aromatic rings. The Morgan fingerprint density at radius 2 is 1.64 bits per heavy atom. The van der Waals surface area contributed by atoms with Gasteiger partial charge in [0.15, 0.2) is 0 Å². The molecule has 0 aliphatic carbocycles. The summed E-state index contributed by atoms with van der Waals surface area (Å²) in [5.41, 5.74) is 5.04. The van der Waals surface area contributed by atoms with Crippen molar-refractivity contribution in [2.45, 2.75) is 20.4 Å². The number of hydrogen-bond acceptors (Lipinski definition) is 4. The number of pyridine rings is 1. The third-order valence-corrected chi connectivity index (χ3v) is 5.18. The number of rotatable bonds is 4. The van der Waals surface area contributed by atoms with Gasteiger partial charge in [-0.15, -0.1) is 0 Å². The van der Waals surface area contributed by atoms with E-state index in [0.717, 1.165) is 55.4 Å². The topological polar surface area (TPSA) is 54.3 Å². The van der Waals surface area contributed by atoms with Gasteiger partial charge in [-0.05, 0) is 61.9 Å². The summed E-state index contributed by atoms with van der Waals surface area (Å²) in [4.78, 5) is 21.2. The molecule has 1 saturated heterocycles. The number of amides is 1. The van der Waals surface area contributed by atoms with E-state index < -0.39 is 0 Å². The van der Waals surface area contributed by atoms with Gasteiger partial charge in [-0.25, -0.2) is 4.68 Å². The number of benzene rings is 1. The molecule has 1 fully saturated rings. The fourth-order valence-corrected chi connectivity index (χ4v) is 3.67. The van der Waals surface area contributed by atoms with Gasteiger partial charge in [0, 0.05) is 56.4 Å². The molecule has 0 saturated carbocycles. The predicted molar refractivity (Wildman–Crippen MR) is 108 cm³/mol. The van der Waals surface area contributed by atoms with Crippen molar-refractivity contribution in [3.63, 3.8) is 0 Å². The second kappa shape index (κ2) is 7.94. The van der Waals surface area contributed by atoms with Crippen molar-refractivity contribution in [3.05, 3.63) is 77.4 Å². The van der Waals surface area contributed by atoms with E-state index in [1.165, 1.54) is 5.56 Å². The average Bonchev–Trinajstić information content (AvgIpc) is 3.07. The Morgan fingerprint density at radius 1 is 0.964 bits per heavy atom. The number of hydrogen-bond donors (Lipinski definition) is 0. The quantitative estimate of drug-likeness (QED) is 0.704. The van der Waals surface area contributed by atoms with Crippen LogP contribution in [0.4, 0.5) is 0 Å². The summed E-state index contributed by atoms with van der Waals surface area (Å²) >= 11 is 0. The SMILES string of the molecule is Cc1cc(C)n(-c2ccc(C(=O)N3CCN(Cc4ccncc4)CC3)cc2)n1. The molecule has 3 heterocycles. The molecule has 0 N–H and O–H groups in total. The number of aromatic nitrogens is 3. The molecule has 1 aromatic carbocycles. The first kappa shape index (κ1) is 18.4. The number of piperazine rings is 1. The van der Waals surface area contributed by atoms with E-state index in [2.05, 4.69) is 15.0 Å². The highest BCUT2D eigenvalue weighted by Crippen LogP contribution is 2.16. The molecule has 0 atom stereocenters. The Balaban J connectivity index is 1.37. The molecule has 6 nitrogen and oxygen atoms in total. The minimum atomic E-state index is 0.100. The summed E-state index contributed by atoms with van der Waals surface area (Å²) in [6, 6.07) is 13.9. The van der Waals surface area contributed by atoms with Crippen LogP contribution in [0.3, 0.4) is 0 Å². The highest BCUT2D eigenvalue weighted by Gasteiger charge is 2.22. The van der Waals surface area contributed by atoms with E-state index >= 15 is 0 Å². The Kier molecular flexibility index (Phi) is 5.21. The lowest BCUT2D eigenvalue weighted by Gasteiger charge is -2.34. The van der Waals surface area contributed by atoms with Crippen LogP contribution in [0.2, 0.25) is 0 Å². The predicted octanol–water partition coefficient (Wildman–Crippen LogP) is 2.84. The lowest BCUT2D eigenvalue weighted by Crippen LogP contribution is -2.48. The minimum absolute atomic E-state index is 0.100. The van der Waals surface area contributed by atoms with Crippen LogP contribution in [-0.4, -0.2) is 56.7 Å². The van der Waals surface area contributed by atoms with Crippen molar-refractivity contribution >= 4 is 5.91 Å². The summed E-state index contributed by atoms with van der Waals surface area (Å²) < 4.78 is 1.90. The first-order valence-electron chi connectivity index (χ1n) is 9.64. The van der Waals surface area contributed by atoms with Gasteiger partial charge in [-0.2, -0.15) is 5.10 Å². The van der Waals surface area contributed by atoms with Gasteiger partial charge in [0.1, 0.15) is 0 Å². The van der Waals surface area contributed by atoms with E-state index in [-0.39, 0.29) is 5.91 Å². The Morgan fingerprint density at radius 3 is 2.25 bits per heavy atom. The molecule has 144 valence electrons. The Labute approximate surface area is 165 Å². The van der Waals surface area contributed by atoms with Crippen molar-refractivity contribution in [1.82, 2.24) is 24.6 Å². The number of aryl methyl sites for hydroxylation is 2. The van der Waals surface area contributed by atoms with E-state index in [1.807, 2.05) is 78.3 Å². The van der Waals surface area contributed by atoms with Crippen LogP contribution >= 0.6 is 0 Å². The molecule has 1 aliphatic rings. The zero-order valence-electron chi connectivity index (χ0n) is 16.4. The molecule has 4 rings (SSSR count). The fraction of sp³-hybridized carbons (Fsp3) is 0.318. The molecular weight excluding hydrogens is 350 g/mol. The molecule has 0 radical (unpaired) electrons. The Bertz CT molecular complexity index is 941. The van der Waals surface area contributed by atoms with Gasteiger partial charge in [-0.1, -0.05) is 0 Å². The summed E-state index contributed by atoms with van der Waals surface area (Å²) in [7, 11) is 0. The van der Waals surface area contributed by atoms with Gasteiger partial charge < -0.3 is 4.90 Å². The third kappa shape index (κ3) is 3.97. The summed E-state index contributed by atoms with van der Waals surface area (Å²) in [5.74, 6) is 0.100. The highest BCUT2D eigenvalue weighted by molar-refractivity contribution is 5.94. The van der Waals surface area contributed by atoms with Crippen LogP contribution < -0.4 is 0 Å². The van der Waals surface area contributed by atoms with Crippen LogP contribution in [0.5, 0.6) is 0 Å². The molecule has 0 bridgehead atoms. The van der Waals surface area contributed by atoms with Gasteiger partial charge in [-0.3, -0.25) is 14.7 Å². The normalized spacial score (nSPS) is 15.0. The maximum atomic E-state index is 12.9. The van der Waals surface area contributed by atoms with E-state index in [9.17, 15) is 4.79 Å². The van der Waals surface area contributed by atoms with E-state index in [4.69, 9.17) is 0 Å². The molecule has 1 aliphatic heterocycles. The summed E-state index contributed by atoms with van der Waals surface area (Å²) in [6.45, 7) is 8.20. The van der Waals surface area contributed by atoms with E-state index in [1.54, 1.807) is 0 Å². The van der Waals surface area contributed by atoms with Gasteiger partial charge in [0.25, 0.3) is 5.91 Å². The zero-order valence-corrected chi connectivity index (χ0v) is 16.4. The summed E-state index contributed by atoms with van der Waals surface area (Å²) in [5, 5.41) is 4.50. The molecule has 28 heavy (non-hydrogen) atoms. The van der Waals surface area contributed by atoms with Gasteiger partial charge in [0.2, 0.25) is 0 Å². The smallest absolute Gasteiger partial charge is 0.253 e. The molecule has 0 unspecified atom stereocenters. The van der Waals surface area contributed by atoms with Crippen molar-refractivity contribution in [1.29, 1.82) is 0 Å². The molecule has 6 heteroatoms. The number of carbonyl (C=O) groups is 1. The maximum Gasteiger partial charge on any atom is 0.253 e. The lowest BCUT2D eigenvalue weighted by molar-refractivity contribution is 0.0628. The second-order valence-electron chi connectivity index (χ2n) is 7.31. The van der Waals surface area contributed by atoms with Crippen molar-refractivity contribution < 1.29 is 4.79 Å². The highest BCUT2D eigenvalue weighted by atomic mass is 16.2. The van der Waals surface area contributed by atoms with Crippen molar-refractivity contribution in [3.8, 4) is 5.69 Å². The molecule has 1 amide bonds. The van der Waals surface area contributed by atoms with Crippen LogP contribution in [0.1, 0.15) is 27.3 Å². The van der Waals surface area contributed by atoms with Crippen molar-refractivity contribution in [2.75, 3.05) is 26.2 Å². The van der Waals surface area contributed by atoms with Crippen LogP contribution in [-0.2, 0) is 6.54 Å². The molecule has 2 aromatic heterocycles. The average molecular weight is 375 g/mol. The first-order chi connectivity index (χ1) is 13.6. The van der Waals surface area contributed by atoms with E-state index in [0.29, 0.717) is 0 Å².